The third kappa shape index (κ3) is 5.56. The summed E-state index contributed by atoms with van der Waals surface area (Å²) in [5.41, 5.74) is 5.63. The van der Waals surface area contributed by atoms with Crippen LogP contribution in [0.2, 0.25) is 0 Å². The van der Waals surface area contributed by atoms with E-state index >= 15 is 0 Å². The Hall–Kier alpha value is -2.26. The molecule has 0 saturated carbocycles. The fourth-order valence-corrected chi connectivity index (χ4v) is 4.94. The van der Waals surface area contributed by atoms with Crippen LogP contribution in [0.15, 0.2) is 72.8 Å². The van der Waals surface area contributed by atoms with Crippen molar-refractivity contribution >= 4 is 15.9 Å². The fourth-order valence-electron chi connectivity index (χ4n) is 4.71. The number of halogens is 1. The highest BCUT2D eigenvalue weighted by molar-refractivity contribution is 9.09. The normalized spacial score (nSPS) is 17.6. The second kappa shape index (κ2) is 11.6. The standard InChI is InChI=1S/C29H33BrO2/c1-2-3-19-32-26-15-17-28-24(21-26)12-16-27(22-8-5-4-6-9-22)29(28)23-10-13-25(14-11-23)31-20-7-18-30/h4-6,8-11,13-15,17,21,27,29H,2-3,7,12,16,18-20H2,1H3/t27-,29+/m1/s1. The second-order valence-corrected chi connectivity index (χ2v) is 9.35. The van der Waals surface area contributed by atoms with Crippen LogP contribution in [0.1, 0.15) is 66.7 Å². The van der Waals surface area contributed by atoms with Crippen molar-refractivity contribution in [1.29, 1.82) is 0 Å². The number of hydrogen-bond acceptors (Lipinski definition) is 2. The van der Waals surface area contributed by atoms with Gasteiger partial charge in [0.15, 0.2) is 0 Å². The summed E-state index contributed by atoms with van der Waals surface area (Å²) in [7, 11) is 0. The lowest BCUT2D eigenvalue weighted by Gasteiger charge is -2.35. The molecule has 0 N–H and O–H groups in total. The molecule has 0 saturated heterocycles. The summed E-state index contributed by atoms with van der Waals surface area (Å²) in [6.45, 7) is 3.73. The van der Waals surface area contributed by atoms with Crippen molar-refractivity contribution in [3.8, 4) is 11.5 Å². The summed E-state index contributed by atoms with van der Waals surface area (Å²) in [5.74, 6) is 2.75. The van der Waals surface area contributed by atoms with Crippen LogP contribution >= 0.6 is 15.9 Å². The van der Waals surface area contributed by atoms with Crippen LogP contribution in [0, 0.1) is 0 Å². The maximum atomic E-state index is 6.01. The topological polar surface area (TPSA) is 18.5 Å². The maximum absolute atomic E-state index is 6.01. The average Bonchev–Trinajstić information content (AvgIpc) is 2.85. The molecular formula is C29H33BrO2. The number of alkyl halides is 1. The smallest absolute Gasteiger partial charge is 0.119 e. The zero-order valence-corrected chi connectivity index (χ0v) is 20.5. The first-order valence-corrected chi connectivity index (χ1v) is 13.0. The Kier molecular flexibility index (Phi) is 8.28. The monoisotopic (exact) mass is 492 g/mol. The van der Waals surface area contributed by atoms with Crippen LogP contribution < -0.4 is 9.47 Å². The number of ether oxygens (including phenoxy) is 2. The van der Waals surface area contributed by atoms with Gasteiger partial charge in [-0.1, -0.05) is 77.8 Å². The van der Waals surface area contributed by atoms with Gasteiger partial charge in [0.2, 0.25) is 0 Å². The molecule has 32 heavy (non-hydrogen) atoms. The van der Waals surface area contributed by atoms with Crippen LogP contribution in [-0.4, -0.2) is 18.5 Å². The molecule has 3 heteroatoms. The van der Waals surface area contributed by atoms with Crippen molar-refractivity contribution in [2.24, 2.45) is 0 Å². The van der Waals surface area contributed by atoms with Gasteiger partial charge in [0.05, 0.1) is 13.2 Å². The lowest BCUT2D eigenvalue weighted by molar-refractivity contribution is 0.308. The number of hydrogen-bond donors (Lipinski definition) is 0. The Morgan fingerprint density at radius 1 is 0.812 bits per heavy atom. The van der Waals surface area contributed by atoms with Gasteiger partial charge in [-0.05, 0) is 78.1 Å². The second-order valence-electron chi connectivity index (χ2n) is 8.56. The number of rotatable bonds is 10. The van der Waals surface area contributed by atoms with Gasteiger partial charge in [0, 0.05) is 11.2 Å². The summed E-state index contributed by atoms with van der Waals surface area (Å²) in [4.78, 5) is 0. The molecule has 0 bridgehead atoms. The number of benzene rings is 3. The summed E-state index contributed by atoms with van der Waals surface area (Å²) in [6, 6.07) is 26.5. The minimum absolute atomic E-state index is 0.336. The van der Waals surface area contributed by atoms with Crippen molar-refractivity contribution in [1.82, 2.24) is 0 Å². The molecule has 168 valence electrons. The summed E-state index contributed by atoms with van der Waals surface area (Å²) in [5, 5.41) is 0.965. The highest BCUT2D eigenvalue weighted by Gasteiger charge is 2.32. The van der Waals surface area contributed by atoms with Crippen LogP contribution in [0.5, 0.6) is 11.5 Å². The predicted molar refractivity (Wildman–Crippen MR) is 137 cm³/mol. The van der Waals surface area contributed by atoms with Crippen LogP contribution in [0.4, 0.5) is 0 Å². The summed E-state index contributed by atoms with van der Waals surface area (Å²) >= 11 is 3.46. The summed E-state index contributed by atoms with van der Waals surface area (Å²) in [6.07, 6.45) is 5.49. The van der Waals surface area contributed by atoms with Crippen LogP contribution in [0.25, 0.3) is 0 Å². The molecule has 0 aromatic heterocycles. The largest absolute Gasteiger partial charge is 0.494 e. The number of unbranched alkanes of at least 4 members (excludes halogenated alkanes) is 1. The molecule has 4 rings (SSSR count). The zero-order valence-electron chi connectivity index (χ0n) is 18.9. The molecule has 0 radical (unpaired) electrons. The zero-order chi connectivity index (χ0) is 22.2. The Bertz CT molecular complexity index is 968. The van der Waals surface area contributed by atoms with Gasteiger partial charge in [-0.3, -0.25) is 0 Å². The first-order chi connectivity index (χ1) is 15.8. The van der Waals surface area contributed by atoms with E-state index in [0.717, 1.165) is 62.1 Å². The van der Waals surface area contributed by atoms with Crippen molar-refractivity contribution in [2.75, 3.05) is 18.5 Å². The SMILES string of the molecule is CCCCOc1ccc2c(c1)CC[C@H](c1ccccc1)[C@@H]2c1ccc(OCCCBr)cc1. The highest BCUT2D eigenvalue weighted by Crippen LogP contribution is 2.47. The van der Waals surface area contributed by atoms with Crippen molar-refractivity contribution in [2.45, 2.75) is 50.9 Å². The van der Waals surface area contributed by atoms with E-state index < -0.39 is 0 Å². The van der Waals surface area contributed by atoms with Gasteiger partial charge < -0.3 is 9.47 Å². The Labute approximate surface area is 201 Å². The predicted octanol–water partition coefficient (Wildman–Crippen LogP) is 7.89. The average molecular weight is 493 g/mol. The summed E-state index contributed by atoms with van der Waals surface area (Å²) < 4.78 is 11.9. The lowest BCUT2D eigenvalue weighted by atomic mass is 9.69. The highest BCUT2D eigenvalue weighted by atomic mass is 79.9. The molecule has 2 nitrogen and oxygen atoms in total. The lowest BCUT2D eigenvalue weighted by Crippen LogP contribution is -2.20. The Morgan fingerprint density at radius 3 is 2.28 bits per heavy atom. The van der Waals surface area contributed by atoms with Crippen LogP contribution in [0.3, 0.4) is 0 Å². The molecule has 1 aliphatic carbocycles. The van der Waals surface area contributed by atoms with E-state index in [9.17, 15) is 0 Å². The van der Waals surface area contributed by atoms with E-state index in [2.05, 4.69) is 95.7 Å². The first kappa shape index (κ1) is 22.9. The third-order valence-electron chi connectivity index (χ3n) is 6.36. The molecule has 1 aliphatic rings. The van der Waals surface area contributed by atoms with Crippen molar-refractivity contribution < 1.29 is 9.47 Å². The van der Waals surface area contributed by atoms with Gasteiger partial charge >= 0.3 is 0 Å². The van der Waals surface area contributed by atoms with Gasteiger partial charge in [0.25, 0.3) is 0 Å². The van der Waals surface area contributed by atoms with Crippen molar-refractivity contribution in [3.05, 3.63) is 95.1 Å². The molecule has 0 spiro atoms. The van der Waals surface area contributed by atoms with E-state index in [1.54, 1.807) is 0 Å². The van der Waals surface area contributed by atoms with Gasteiger partial charge in [-0.15, -0.1) is 0 Å². The molecule has 0 heterocycles. The molecule has 3 aromatic carbocycles. The minimum Gasteiger partial charge on any atom is -0.494 e. The van der Waals surface area contributed by atoms with E-state index in [-0.39, 0.29) is 0 Å². The Balaban J connectivity index is 1.64. The van der Waals surface area contributed by atoms with Gasteiger partial charge in [-0.2, -0.15) is 0 Å². The van der Waals surface area contributed by atoms with Gasteiger partial charge in [-0.25, -0.2) is 0 Å². The fraction of sp³-hybridized carbons (Fsp3) is 0.379. The quantitative estimate of drug-likeness (QED) is 0.211. The molecule has 0 fully saturated rings. The molecule has 0 unspecified atom stereocenters. The van der Waals surface area contributed by atoms with E-state index in [1.165, 1.54) is 22.3 Å². The van der Waals surface area contributed by atoms with Crippen molar-refractivity contribution in [3.63, 3.8) is 0 Å². The molecule has 3 aromatic rings. The number of fused-ring (bicyclic) bond motifs is 1. The number of aryl methyl sites for hydroxylation is 1. The first-order valence-electron chi connectivity index (χ1n) is 11.9. The Morgan fingerprint density at radius 2 is 1.53 bits per heavy atom. The molecule has 2 atom stereocenters. The van der Waals surface area contributed by atoms with E-state index in [0.29, 0.717) is 11.8 Å². The maximum Gasteiger partial charge on any atom is 0.119 e. The van der Waals surface area contributed by atoms with Gasteiger partial charge in [0.1, 0.15) is 11.5 Å². The van der Waals surface area contributed by atoms with E-state index in [1.807, 2.05) is 0 Å². The van der Waals surface area contributed by atoms with E-state index in [4.69, 9.17) is 9.47 Å². The molecular weight excluding hydrogens is 460 g/mol. The molecule has 0 aliphatic heterocycles. The minimum atomic E-state index is 0.336. The third-order valence-corrected chi connectivity index (χ3v) is 6.92. The van der Waals surface area contributed by atoms with Crippen LogP contribution in [-0.2, 0) is 6.42 Å². The molecule has 0 amide bonds.